The molecule has 0 aromatic heterocycles. The number of carbonyl (C=O) groups excluding carboxylic acids is 1. The summed E-state index contributed by atoms with van der Waals surface area (Å²) in [7, 11) is 1.61. The molecule has 0 spiro atoms. The Labute approximate surface area is 164 Å². The first kappa shape index (κ1) is 17.9. The molecule has 28 heavy (non-hydrogen) atoms. The van der Waals surface area contributed by atoms with E-state index in [-0.39, 0.29) is 12.5 Å². The topological polar surface area (TPSA) is 50.8 Å². The van der Waals surface area contributed by atoms with Gasteiger partial charge in [0.05, 0.1) is 18.5 Å². The van der Waals surface area contributed by atoms with Gasteiger partial charge in [0.25, 0.3) is 5.91 Å². The van der Waals surface area contributed by atoms with Gasteiger partial charge in [-0.2, -0.15) is 0 Å². The van der Waals surface area contributed by atoms with Crippen molar-refractivity contribution in [2.45, 2.75) is 6.42 Å². The number of ether oxygens (including phenoxy) is 2. The number of para-hydroxylation sites is 3. The highest BCUT2D eigenvalue weighted by molar-refractivity contribution is 5.96. The van der Waals surface area contributed by atoms with Gasteiger partial charge in [0.1, 0.15) is 11.5 Å². The summed E-state index contributed by atoms with van der Waals surface area (Å²) in [6.07, 6.45) is 0.999. The normalized spacial score (nSPS) is 12.4. The maximum Gasteiger partial charge on any atom is 0.262 e. The molecule has 1 aliphatic heterocycles. The SMILES string of the molecule is COc1ccc(OCC(=O)Nc2ccccc2N2CCc3ccccc32)cc1. The van der Waals surface area contributed by atoms with Crippen LogP contribution < -0.4 is 19.7 Å². The summed E-state index contributed by atoms with van der Waals surface area (Å²) in [5.41, 5.74) is 4.29. The first-order chi connectivity index (χ1) is 13.7. The highest BCUT2D eigenvalue weighted by atomic mass is 16.5. The molecule has 1 aliphatic rings. The van der Waals surface area contributed by atoms with Gasteiger partial charge in [-0.25, -0.2) is 0 Å². The number of methoxy groups -OCH3 is 1. The lowest BCUT2D eigenvalue weighted by molar-refractivity contribution is -0.118. The van der Waals surface area contributed by atoms with Crippen LogP contribution in [0.2, 0.25) is 0 Å². The highest BCUT2D eigenvalue weighted by Crippen LogP contribution is 2.38. The van der Waals surface area contributed by atoms with Crippen molar-refractivity contribution in [2.24, 2.45) is 0 Å². The molecule has 0 fully saturated rings. The van der Waals surface area contributed by atoms with Crippen LogP contribution in [0.1, 0.15) is 5.56 Å². The van der Waals surface area contributed by atoms with E-state index in [0.717, 1.165) is 30.1 Å². The number of nitrogens with zero attached hydrogens (tertiary/aromatic N) is 1. The zero-order valence-corrected chi connectivity index (χ0v) is 15.7. The summed E-state index contributed by atoms with van der Waals surface area (Å²) < 4.78 is 10.7. The second kappa shape index (κ2) is 8.05. The summed E-state index contributed by atoms with van der Waals surface area (Å²) in [4.78, 5) is 14.7. The average Bonchev–Trinajstić information content (AvgIpc) is 3.17. The lowest BCUT2D eigenvalue weighted by Gasteiger charge is -2.23. The van der Waals surface area contributed by atoms with Crippen molar-refractivity contribution in [2.75, 3.05) is 30.5 Å². The number of fused-ring (bicyclic) bond motifs is 1. The van der Waals surface area contributed by atoms with E-state index in [1.807, 2.05) is 30.3 Å². The van der Waals surface area contributed by atoms with E-state index in [0.29, 0.717) is 5.75 Å². The Bertz CT molecular complexity index is 970. The van der Waals surface area contributed by atoms with Gasteiger partial charge < -0.3 is 19.7 Å². The van der Waals surface area contributed by atoms with E-state index in [4.69, 9.17) is 9.47 Å². The predicted octanol–water partition coefficient (Wildman–Crippen LogP) is 4.41. The lowest BCUT2D eigenvalue weighted by atomic mass is 10.2. The van der Waals surface area contributed by atoms with Gasteiger partial charge in [-0.15, -0.1) is 0 Å². The monoisotopic (exact) mass is 374 g/mol. The van der Waals surface area contributed by atoms with Gasteiger partial charge in [-0.3, -0.25) is 4.79 Å². The molecule has 0 radical (unpaired) electrons. The largest absolute Gasteiger partial charge is 0.497 e. The fraction of sp³-hybridized carbons (Fsp3) is 0.174. The molecular weight excluding hydrogens is 352 g/mol. The van der Waals surface area contributed by atoms with Crippen LogP contribution >= 0.6 is 0 Å². The molecule has 0 bridgehead atoms. The molecule has 0 atom stereocenters. The third kappa shape index (κ3) is 3.78. The minimum atomic E-state index is -0.198. The summed E-state index contributed by atoms with van der Waals surface area (Å²) >= 11 is 0. The Morgan fingerprint density at radius 1 is 0.929 bits per heavy atom. The average molecular weight is 374 g/mol. The molecule has 5 nitrogen and oxygen atoms in total. The number of amides is 1. The molecule has 1 heterocycles. The zero-order chi connectivity index (χ0) is 19.3. The molecule has 142 valence electrons. The van der Waals surface area contributed by atoms with E-state index < -0.39 is 0 Å². The fourth-order valence-electron chi connectivity index (χ4n) is 3.41. The lowest BCUT2D eigenvalue weighted by Crippen LogP contribution is -2.22. The predicted molar refractivity (Wildman–Crippen MR) is 111 cm³/mol. The molecule has 4 rings (SSSR count). The smallest absolute Gasteiger partial charge is 0.262 e. The Morgan fingerprint density at radius 3 is 2.39 bits per heavy atom. The Kier molecular flexibility index (Phi) is 5.15. The van der Waals surface area contributed by atoms with Crippen LogP contribution in [0, 0.1) is 0 Å². The quantitative estimate of drug-likeness (QED) is 0.694. The number of carbonyl (C=O) groups is 1. The molecule has 0 saturated heterocycles. The van der Waals surface area contributed by atoms with Gasteiger partial charge in [-0.1, -0.05) is 30.3 Å². The number of nitrogens with one attached hydrogen (secondary N) is 1. The van der Waals surface area contributed by atoms with Gasteiger partial charge in [-0.05, 0) is 54.4 Å². The third-order valence-corrected chi connectivity index (χ3v) is 4.79. The standard InChI is InChI=1S/C23H22N2O3/c1-27-18-10-12-19(13-11-18)28-16-23(26)24-20-7-3-5-9-22(20)25-15-14-17-6-2-4-8-21(17)25/h2-13H,14-16H2,1H3,(H,24,26). The number of hydrogen-bond acceptors (Lipinski definition) is 4. The third-order valence-electron chi connectivity index (χ3n) is 4.79. The number of benzene rings is 3. The van der Waals surface area contributed by atoms with Gasteiger partial charge in [0.15, 0.2) is 6.61 Å². The van der Waals surface area contributed by atoms with E-state index in [2.05, 4.69) is 28.4 Å². The van der Waals surface area contributed by atoms with E-state index >= 15 is 0 Å². The molecule has 0 unspecified atom stereocenters. The van der Waals surface area contributed by atoms with Crippen molar-refractivity contribution < 1.29 is 14.3 Å². The van der Waals surface area contributed by atoms with Crippen LogP contribution in [0.4, 0.5) is 17.1 Å². The molecule has 0 saturated carbocycles. The Morgan fingerprint density at radius 2 is 1.61 bits per heavy atom. The van der Waals surface area contributed by atoms with Gasteiger partial charge in [0, 0.05) is 12.2 Å². The number of hydrogen-bond donors (Lipinski definition) is 1. The van der Waals surface area contributed by atoms with Gasteiger partial charge >= 0.3 is 0 Å². The van der Waals surface area contributed by atoms with Crippen molar-refractivity contribution in [1.82, 2.24) is 0 Å². The number of rotatable bonds is 6. The van der Waals surface area contributed by atoms with Crippen LogP contribution in [0.15, 0.2) is 72.8 Å². The first-order valence-electron chi connectivity index (χ1n) is 9.26. The minimum absolute atomic E-state index is 0.0583. The second-order valence-electron chi connectivity index (χ2n) is 6.56. The minimum Gasteiger partial charge on any atom is -0.497 e. The number of anilines is 3. The Balaban J connectivity index is 1.44. The van der Waals surface area contributed by atoms with Crippen molar-refractivity contribution in [1.29, 1.82) is 0 Å². The van der Waals surface area contributed by atoms with Crippen LogP contribution in [0.5, 0.6) is 11.5 Å². The fourth-order valence-corrected chi connectivity index (χ4v) is 3.41. The zero-order valence-electron chi connectivity index (χ0n) is 15.7. The van der Waals surface area contributed by atoms with Crippen molar-refractivity contribution in [3.05, 3.63) is 78.4 Å². The summed E-state index contributed by atoms with van der Waals surface area (Å²) in [6, 6.07) is 23.4. The Hall–Kier alpha value is -3.47. The van der Waals surface area contributed by atoms with Crippen molar-refractivity contribution >= 4 is 23.0 Å². The van der Waals surface area contributed by atoms with Crippen LogP contribution in [-0.2, 0) is 11.2 Å². The summed E-state index contributed by atoms with van der Waals surface area (Å²) in [5.74, 6) is 1.17. The van der Waals surface area contributed by atoms with Crippen LogP contribution in [0.3, 0.4) is 0 Å². The summed E-state index contributed by atoms with van der Waals surface area (Å²) in [6.45, 7) is 0.839. The molecule has 1 N–H and O–H groups in total. The molecule has 3 aromatic carbocycles. The maximum atomic E-state index is 12.4. The van der Waals surface area contributed by atoms with Crippen LogP contribution in [-0.4, -0.2) is 26.2 Å². The maximum absolute atomic E-state index is 12.4. The van der Waals surface area contributed by atoms with E-state index in [9.17, 15) is 4.79 Å². The molecule has 5 heteroatoms. The first-order valence-corrected chi connectivity index (χ1v) is 9.26. The van der Waals surface area contributed by atoms with E-state index in [1.165, 1.54) is 11.3 Å². The van der Waals surface area contributed by atoms with Crippen LogP contribution in [0.25, 0.3) is 0 Å². The molecule has 3 aromatic rings. The van der Waals surface area contributed by atoms with E-state index in [1.54, 1.807) is 31.4 Å². The molecule has 0 aliphatic carbocycles. The van der Waals surface area contributed by atoms with Gasteiger partial charge in [0.2, 0.25) is 0 Å². The van der Waals surface area contributed by atoms with Crippen molar-refractivity contribution in [3.63, 3.8) is 0 Å². The highest BCUT2D eigenvalue weighted by Gasteiger charge is 2.22. The molecule has 1 amide bonds. The summed E-state index contributed by atoms with van der Waals surface area (Å²) in [5, 5.41) is 2.98. The molecular formula is C23H22N2O3. The van der Waals surface area contributed by atoms with Crippen molar-refractivity contribution in [3.8, 4) is 11.5 Å². The second-order valence-corrected chi connectivity index (χ2v) is 6.56.